The minimum atomic E-state index is -4.13. The monoisotopic (exact) mass is 529 g/mol. The molecule has 1 aromatic heterocycles. The molecule has 0 radical (unpaired) electrons. The van der Waals surface area contributed by atoms with E-state index in [-0.39, 0.29) is 32.7 Å². The number of hydrogen-bond acceptors (Lipinski definition) is 6. The van der Waals surface area contributed by atoms with Gasteiger partial charge in [0.25, 0.3) is 10.0 Å². The topological polar surface area (TPSA) is 83.8 Å². The Balaban J connectivity index is 2.17. The van der Waals surface area contributed by atoms with Gasteiger partial charge in [-0.05, 0) is 54.1 Å². The highest BCUT2D eigenvalue weighted by molar-refractivity contribution is 9.10. The van der Waals surface area contributed by atoms with Crippen molar-refractivity contribution in [3.63, 3.8) is 0 Å². The number of aromatic nitrogens is 1. The Hall–Kier alpha value is -3.30. The average Bonchev–Trinajstić information content (AvgIpc) is 2.83. The molecule has 4 rings (SSSR count). The number of halogens is 1. The van der Waals surface area contributed by atoms with Gasteiger partial charge in [0, 0.05) is 22.7 Å². The third kappa shape index (κ3) is 4.09. The molecule has 9 heteroatoms. The quantitative estimate of drug-likeness (QED) is 0.360. The summed E-state index contributed by atoms with van der Waals surface area (Å²) in [7, 11) is 0.283. The van der Waals surface area contributed by atoms with Gasteiger partial charge in [-0.2, -0.15) is 0 Å². The maximum absolute atomic E-state index is 13.9. The van der Waals surface area contributed by atoms with E-state index in [1.807, 2.05) is 0 Å². The highest BCUT2D eigenvalue weighted by atomic mass is 79.9. The van der Waals surface area contributed by atoms with E-state index in [0.717, 1.165) is 8.45 Å². The molecule has 0 N–H and O–H groups in total. The highest BCUT2D eigenvalue weighted by Gasteiger charge is 2.26. The van der Waals surface area contributed by atoms with Gasteiger partial charge < -0.3 is 14.2 Å². The summed E-state index contributed by atoms with van der Waals surface area (Å²) >= 11 is 3.33. The highest BCUT2D eigenvalue weighted by Crippen LogP contribution is 2.35. The van der Waals surface area contributed by atoms with Crippen LogP contribution in [0.2, 0.25) is 0 Å². The molecule has 0 aliphatic rings. The smallest absolute Gasteiger partial charge is 0.268 e. The molecule has 1 heterocycles. The van der Waals surface area contributed by atoms with Gasteiger partial charge in [0.1, 0.15) is 17.2 Å². The van der Waals surface area contributed by atoms with Gasteiger partial charge in [0.05, 0.1) is 42.8 Å². The lowest BCUT2D eigenvalue weighted by Gasteiger charge is -2.19. The molecule has 0 spiro atoms. The van der Waals surface area contributed by atoms with Gasteiger partial charge in [-0.3, -0.25) is 4.79 Å². The number of ether oxygens (including phenoxy) is 3. The van der Waals surface area contributed by atoms with E-state index in [4.69, 9.17) is 14.2 Å². The predicted molar refractivity (Wildman–Crippen MR) is 130 cm³/mol. The van der Waals surface area contributed by atoms with Crippen molar-refractivity contribution in [3.05, 3.63) is 81.4 Å². The zero-order chi connectivity index (χ0) is 23.8. The van der Waals surface area contributed by atoms with Crippen LogP contribution in [0.25, 0.3) is 22.2 Å². The molecule has 0 saturated carbocycles. The molecule has 170 valence electrons. The van der Waals surface area contributed by atoms with Crippen molar-refractivity contribution < 1.29 is 22.6 Å². The summed E-state index contributed by atoms with van der Waals surface area (Å²) < 4.78 is 45.7. The van der Waals surface area contributed by atoms with Crippen molar-refractivity contribution in [2.75, 3.05) is 21.3 Å². The predicted octanol–water partition coefficient (Wildman–Crippen LogP) is 4.69. The van der Waals surface area contributed by atoms with E-state index in [9.17, 15) is 13.2 Å². The van der Waals surface area contributed by atoms with Gasteiger partial charge in [0.15, 0.2) is 5.43 Å². The lowest BCUT2D eigenvalue weighted by Crippen LogP contribution is -2.20. The third-order valence-electron chi connectivity index (χ3n) is 5.20. The first-order valence-electron chi connectivity index (χ1n) is 9.77. The van der Waals surface area contributed by atoms with Crippen molar-refractivity contribution in [2.45, 2.75) is 4.90 Å². The molecule has 7 nitrogen and oxygen atoms in total. The second kappa shape index (κ2) is 8.92. The minimum Gasteiger partial charge on any atom is -0.497 e. The number of rotatable bonds is 6. The first kappa shape index (κ1) is 22.9. The van der Waals surface area contributed by atoms with Crippen molar-refractivity contribution in [1.82, 2.24) is 3.97 Å². The number of methoxy groups -OCH3 is 3. The Labute approximate surface area is 199 Å². The third-order valence-corrected chi connectivity index (χ3v) is 7.47. The number of hydrogen-bond donors (Lipinski definition) is 0. The Bertz CT molecular complexity index is 1490. The molecule has 0 fully saturated rings. The van der Waals surface area contributed by atoms with Crippen molar-refractivity contribution >= 4 is 36.9 Å². The van der Waals surface area contributed by atoms with Gasteiger partial charge in [-0.15, -0.1) is 0 Å². The number of nitrogens with zero attached hydrogens (tertiary/aromatic N) is 1. The van der Waals surface area contributed by atoms with E-state index in [1.54, 1.807) is 42.5 Å². The van der Waals surface area contributed by atoms with Crippen LogP contribution < -0.4 is 19.6 Å². The van der Waals surface area contributed by atoms with Gasteiger partial charge >= 0.3 is 0 Å². The molecule has 4 aromatic rings. The van der Waals surface area contributed by atoms with Crippen LogP contribution in [0.5, 0.6) is 17.2 Å². The zero-order valence-electron chi connectivity index (χ0n) is 18.0. The largest absolute Gasteiger partial charge is 0.497 e. The Morgan fingerprint density at radius 3 is 2.00 bits per heavy atom. The average molecular weight is 530 g/mol. The van der Waals surface area contributed by atoms with Crippen LogP contribution in [0.3, 0.4) is 0 Å². The summed E-state index contributed by atoms with van der Waals surface area (Å²) in [5.74, 6) is 1.17. The zero-order valence-corrected chi connectivity index (χ0v) is 20.4. The van der Waals surface area contributed by atoms with E-state index in [1.165, 1.54) is 45.6 Å². The normalized spacial score (nSPS) is 11.4. The second-order valence-corrected chi connectivity index (χ2v) is 9.77. The number of fused-ring (bicyclic) bond motifs is 1. The summed E-state index contributed by atoms with van der Waals surface area (Å²) in [5, 5.41) is 0.135. The van der Waals surface area contributed by atoms with Crippen molar-refractivity contribution in [2.24, 2.45) is 0 Å². The van der Waals surface area contributed by atoms with Crippen LogP contribution >= 0.6 is 15.9 Å². The first-order chi connectivity index (χ1) is 15.8. The Morgan fingerprint density at radius 2 is 1.42 bits per heavy atom. The van der Waals surface area contributed by atoms with Crippen LogP contribution in [0.1, 0.15) is 0 Å². The van der Waals surface area contributed by atoms with E-state index < -0.39 is 10.0 Å². The van der Waals surface area contributed by atoms with Crippen LogP contribution in [-0.2, 0) is 10.0 Å². The molecule has 0 bridgehead atoms. The molecule has 0 amide bonds. The molecular formula is C24H20BrNO6S. The molecule has 0 aliphatic carbocycles. The van der Waals surface area contributed by atoms with E-state index in [2.05, 4.69) is 15.9 Å². The van der Waals surface area contributed by atoms with Crippen LogP contribution in [-0.4, -0.2) is 33.7 Å². The summed E-state index contributed by atoms with van der Waals surface area (Å²) in [6.07, 6.45) is 0. The van der Waals surface area contributed by atoms with Crippen molar-refractivity contribution in [3.8, 4) is 28.5 Å². The molecule has 0 saturated heterocycles. The summed E-state index contributed by atoms with van der Waals surface area (Å²) in [5.41, 5.74) is 0.496. The van der Waals surface area contributed by atoms with Gasteiger partial charge in [0.2, 0.25) is 0 Å². The number of pyridine rings is 1. The lowest BCUT2D eigenvalue weighted by atomic mass is 10.1. The molecule has 0 aliphatic heterocycles. The lowest BCUT2D eigenvalue weighted by molar-refractivity contribution is 0.397. The van der Waals surface area contributed by atoms with Gasteiger partial charge in [-0.1, -0.05) is 15.9 Å². The molecule has 0 atom stereocenters. The molecule has 3 aromatic carbocycles. The molecular weight excluding hydrogens is 510 g/mol. The summed E-state index contributed by atoms with van der Waals surface area (Å²) in [6.45, 7) is 0. The van der Waals surface area contributed by atoms with Crippen LogP contribution in [0, 0.1) is 0 Å². The second-order valence-electron chi connectivity index (χ2n) is 7.07. The number of benzene rings is 3. The molecule has 33 heavy (non-hydrogen) atoms. The van der Waals surface area contributed by atoms with Crippen LogP contribution in [0.4, 0.5) is 0 Å². The van der Waals surface area contributed by atoms with Crippen molar-refractivity contribution in [1.29, 1.82) is 0 Å². The fraction of sp³-hybridized carbons (Fsp3) is 0.125. The fourth-order valence-corrected chi connectivity index (χ4v) is 5.36. The maximum Gasteiger partial charge on any atom is 0.268 e. The Morgan fingerprint density at radius 1 is 0.788 bits per heavy atom. The first-order valence-corrected chi connectivity index (χ1v) is 12.0. The van der Waals surface area contributed by atoms with Gasteiger partial charge in [-0.25, -0.2) is 12.4 Å². The SMILES string of the molecule is COc1ccc(-c2cc(=O)c3c(OC)cc(OC)cc3n2S(=O)(=O)c2ccc(Br)cc2)cc1. The Kier molecular flexibility index (Phi) is 6.18. The summed E-state index contributed by atoms with van der Waals surface area (Å²) in [4.78, 5) is 13.2. The van der Waals surface area contributed by atoms with E-state index >= 15 is 0 Å². The fourth-order valence-electron chi connectivity index (χ4n) is 3.58. The minimum absolute atomic E-state index is 0.0622. The molecule has 0 unspecified atom stereocenters. The van der Waals surface area contributed by atoms with E-state index in [0.29, 0.717) is 17.1 Å². The summed E-state index contributed by atoms with van der Waals surface area (Å²) in [6, 6.07) is 17.5. The maximum atomic E-state index is 13.9. The van der Waals surface area contributed by atoms with Crippen LogP contribution in [0.15, 0.2) is 80.9 Å². The standard InChI is InChI=1S/C24H20BrNO6S/c1-30-17-8-4-15(5-9-17)20-14-22(27)24-21(12-18(31-2)13-23(24)32-3)26(20)33(28,29)19-10-6-16(25)7-11-19/h4-14H,1-3H3.